The van der Waals surface area contributed by atoms with Crippen molar-refractivity contribution < 1.29 is 0 Å². The first kappa shape index (κ1) is 14.6. The van der Waals surface area contributed by atoms with Gasteiger partial charge in [0.1, 0.15) is 0 Å². The average molecular weight is 251 g/mol. The second-order valence-corrected chi connectivity index (χ2v) is 5.53. The quantitative estimate of drug-likeness (QED) is 0.752. The Morgan fingerprint density at radius 2 is 1.94 bits per heavy atom. The summed E-state index contributed by atoms with van der Waals surface area (Å²) in [6.45, 7) is 5.69. The molecular weight excluding hydrogens is 226 g/mol. The number of thioether (sulfide) groups is 1. The van der Waals surface area contributed by atoms with Gasteiger partial charge >= 0.3 is 0 Å². The topological polar surface area (TPSA) is 12.0 Å². The molecule has 1 aromatic rings. The van der Waals surface area contributed by atoms with Gasteiger partial charge in [0.2, 0.25) is 0 Å². The minimum Gasteiger partial charge on any atom is -0.313 e. The molecule has 1 nitrogen and oxygen atoms in total. The van der Waals surface area contributed by atoms with Crippen LogP contribution in [0.2, 0.25) is 0 Å². The Hall–Kier alpha value is -0.470. The summed E-state index contributed by atoms with van der Waals surface area (Å²) in [6, 6.07) is 11.5. The van der Waals surface area contributed by atoms with E-state index in [1.54, 1.807) is 0 Å². The van der Waals surface area contributed by atoms with Crippen molar-refractivity contribution in [2.24, 2.45) is 0 Å². The monoisotopic (exact) mass is 251 g/mol. The molecule has 0 aliphatic heterocycles. The molecule has 1 N–H and O–H groups in total. The number of nitrogens with one attached hydrogen (secondary N) is 1. The van der Waals surface area contributed by atoms with E-state index in [-0.39, 0.29) is 0 Å². The second kappa shape index (κ2) is 8.60. The summed E-state index contributed by atoms with van der Waals surface area (Å²) >= 11 is 1.93. The van der Waals surface area contributed by atoms with E-state index in [1.807, 2.05) is 11.8 Å². The molecule has 1 aromatic carbocycles. The lowest BCUT2D eigenvalue weighted by atomic mass is 9.98. The minimum absolute atomic E-state index is 0.649. The molecule has 0 heterocycles. The second-order valence-electron chi connectivity index (χ2n) is 4.62. The third-order valence-electron chi connectivity index (χ3n) is 3.24. The van der Waals surface area contributed by atoms with Crippen LogP contribution in [0.25, 0.3) is 0 Å². The third kappa shape index (κ3) is 5.60. The van der Waals surface area contributed by atoms with E-state index in [2.05, 4.69) is 55.8 Å². The Bertz CT molecular complexity index is 286. The zero-order chi connectivity index (χ0) is 12.5. The fourth-order valence-corrected chi connectivity index (χ4v) is 2.73. The van der Waals surface area contributed by atoms with Crippen LogP contribution in [0, 0.1) is 0 Å². The summed E-state index contributed by atoms with van der Waals surface area (Å²) < 4.78 is 0. The van der Waals surface area contributed by atoms with Crippen molar-refractivity contribution in [1.29, 1.82) is 0 Å². The molecular formula is C15H25NS. The molecule has 0 amide bonds. The van der Waals surface area contributed by atoms with Crippen molar-refractivity contribution in [3.8, 4) is 0 Å². The molecule has 0 aliphatic carbocycles. The lowest BCUT2D eigenvalue weighted by Crippen LogP contribution is -2.31. The van der Waals surface area contributed by atoms with E-state index in [0.29, 0.717) is 12.0 Å². The van der Waals surface area contributed by atoms with Crippen LogP contribution in [-0.2, 0) is 0 Å². The Morgan fingerprint density at radius 3 is 2.53 bits per heavy atom. The summed E-state index contributed by atoms with van der Waals surface area (Å²) in [4.78, 5) is 0. The van der Waals surface area contributed by atoms with E-state index in [9.17, 15) is 0 Å². The molecule has 0 saturated carbocycles. The molecule has 17 heavy (non-hydrogen) atoms. The molecule has 0 aliphatic rings. The van der Waals surface area contributed by atoms with Gasteiger partial charge in [-0.05, 0) is 37.1 Å². The Morgan fingerprint density at radius 1 is 1.24 bits per heavy atom. The molecule has 1 rings (SSSR count). The molecule has 2 heteroatoms. The summed E-state index contributed by atoms with van der Waals surface area (Å²) in [5.74, 6) is 1.87. The number of hydrogen-bond donors (Lipinski definition) is 1. The van der Waals surface area contributed by atoms with E-state index in [1.165, 1.54) is 24.2 Å². The van der Waals surface area contributed by atoms with Crippen LogP contribution in [0.3, 0.4) is 0 Å². The molecule has 2 unspecified atom stereocenters. The molecule has 0 aromatic heterocycles. The average Bonchev–Trinajstić information content (AvgIpc) is 2.38. The predicted octanol–water partition coefficient (Wildman–Crippen LogP) is 3.91. The maximum atomic E-state index is 3.65. The molecule has 0 bridgehead atoms. The maximum Gasteiger partial charge on any atom is 0.0155 e. The van der Waals surface area contributed by atoms with Gasteiger partial charge in [0.25, 0.3) is 0 Å². The van der Waals surface area contributed by atoms with Crippen molar-refractivity contribution in [3.05, 3.63) is 35.9 Å². The van der Waals surface area contributed by atoms with Gasteiger partial charge in [-0.1, -0.05) is 44.2 Å². The highest BCUT2D eigenvalue weighted by molar-refractivity contribution is 7.98. The van der Waals surface area contributed by atoms with Crippen LogP contribution >= 0.6 is 11.8 Å². The smallest absolute Gasteiger partial charge is 0.0155 e. The minimum atomic E-state index is 0.649. The fourth-order valence-electron chi connectivity index (χ4n) is 1.97. The van der Waals surface area contributed by atoms with Crippen LogP contribution in [0.15, 0.2) is 30.3 Å². The predicted molar refractivity (Wildman–Crippen MR) is 79.9 cm³/mol. The van der Waals surface area contributed by atoms with E-state index in [0.717, 1.165) is 6.54 Å². The van der Waals surface area contributed by atoms with Crippen LogP contribution in [-0.4, -0.2) is 24.6 Å². The summed E-state index contributed by atoms with van der Waals surface area (Å²) in [5.41, 5.74) is 1.45. The highest BCUT2D eigenvalue weighted by Crippen LogP contribution is 2.17. The first-order valence-corrected chi connectivity index (χ1v) is 7.94. The lowest BCUT2D eigenvalue weighted by Gasteiger charge is -2.18. The first-order chi connectivity index (χ1) is 8.27. The fraction of sp³-hybridized carbons (Fsp3) is 0.600. The number of rotatable bonds is 8. The van der Waals surface area contributed by atoms with Gasteiger partial charge in [-0.15, -0.1) is 0 Å². The van der Waals surface area contributed by atoms with Gasteiger partial charge < -0.3 is 5.32 Å². The molecule has 0 saturated heterocycles. The molecule has 0 radical (unpaired) electrons. The van der Waals surface area contributed by atoms with E-state index < -0.39 is 0 Å². The summed E-state index contributed by atoms with van der Waals surface area (Å²) in [7, 11) is 0. The maximum absolute atomic E-state index is 3.65. The van der Waals surface area contributed by atoms with Gasteiger partial charge in [0.05, 0.1) is 0 Å². The van der Waals surface area contributed by atoms with Gasteiger partial charge in [0.15, 0.2) is 0 Å². The van der Waals surface area contributed by atoms with Crippen molar-refractivity contribution in [2.45, 2.75) is 38.6 Å². The van der Waals surface area contributed by atoms with Crippen molar-refractivity contribution in [1.82, 2.24) is 5.32 Å². The van der Waals surface area contributed by atoms with Crippen molar-refractivity contribution in [3.63, 3.8) is 0 Å². The van der Waals surface area contributed by atoms with Gasteiger partial charge in [-0.3, -0.25) is 0 Å². The SMILES string of the molecule is CCC(CSC)NCCC(C)c1ccccc1. The zero-order valence-electron chi connectivity index (χ0n) is 11.3. The lowest BCUT2D eigenvalue weighted by molar-refractivity contribution is 0.510. The molecule has 0 spiro atoms. The van der Waals surface area contributed by atoms with E-state index >= 15 is 0 Å². The standard InChI is InChI=1S/C15H25NS/c1-4-15(12-17-3)16-11-10-13(2)14-8-6-5-7-9-14/h5-9,13,15-16H,4,10-12H2,1-3H3. The number of hydrogen-bond acceptors (Lipinski definition) is 2. The zero-order valence-corrected chi connectivity index (χ0v) is 12.1. The Labute approximate surface area is 110 Å². The van der Waals surface area contributed by atoms with Crippen LogP contribution in [0.1, 0.15) is 38.2 Å². The normalized spacial score (nSPS) is 14.5. The molecule has 96 valence electrons. The Balaban J connectivity index is 2.26. The van der Waals surface area contributed by atoms with Gasteiger partial charge in [0, 0.05) is 11.8 Å². The highest BCUT2D eigenvalue weighted by atomic mass is 32.2. The molecule has 2 atom stereocenters. The highest BCUT2D eigenvalue weighted by Gasteiger charge is 2.07. The largest absolute Gasteiger partial charge is 0.313 e. The van der Waals surface area contributed by atoms with Crippen LogP contribution in [0.4, 0.5) is 0 Å². The van der Waals surface area contributed by atoms with Crippen molar-refractivity contribution in [2.75, 3.05) is 18.6 Å². The summed E-state index contributed by atoms with van der Waals surface area (Å²) in [5, 5.41) is 3.65. The Kier molecular flexibility index (Phi) is 7.38. The number of benzene rings is 1. The van der Waals surface area contributed by atoms with Gasteiger partial charge in [-0.25, -0.2) is 0 Å². The molecule has 0 fully saturated rings. The van der Waals surface area contributed by atoms with Crippen molar-refractivity contribution >= 4 is 11.8 Å². The van der Waals surface area contributed by atoms with Crippen LogP contribution < -0.4 is 5.32 Å². The van der Waals surface area contributed by atoms with Crippen LogP contribution in [0.5, 0.6) is 0 Å². The summed E-state index contributed by atoms with van der Waals surface area (Å²) in [6.07, 6.45) is 4.62. The third-order valence-corrected chi connectivity index (χ3v) is 3.98. The first-order valence-electron chi connectivity index (χ1n) is 6.55. The van der Waals surface area contributed by atoms with Gasteiger partial charge in [-0.2, -0.15) is 11.8 Å². The van der Waals surface area contributed by atoms with E-state index in [4.69, 9.17) is 0 Å².